The molecule has 3 amide bonds. The zero-order valence-electron chi connectivity index (χ0n) is 19.0. The van der Waals surface area contributed by atoms with Crippen LogP contribution in [0.5, 0.6) is 0 Å². The van der Waals surface area contributed by atoms with Crippen LogP contribution in [0, 0.1) is 0 Å². The van der Waals surface area contributed by atoms with Crippen molar-refractivity contribution < 1.29 is 19.1 Å². The van der Waals surface area contributed by atoms with E-state index in [1.165, 1.54) is 11.8 Å². The minimum atomic E-state index is -0.333. The molecule has 33 heavy (non-hydrogen) atoms. The molecule has 0 aliphatic carbocycles. The molecule has 0 unspecified atom stereocenters. The topological polar surface area (TPSA) is 70.2 Å². The third-order valence-electron chi connectivity index (χ3n) is 5.36. The van der Waals surface area contributed by atoms with Crippen LogP contribution in [0.4, 0.5) is 4.79 Å². The maximum Gasteiger partial charge on any atom is 0.409 e. The van der Waals surface area contributed by atoms with Crippen LogP contribution < -0.4 is 0 Å². The summed E-state index contributed by atoms with van der Waals surface area (Å²) in [7, 11) is 0. The zero-order valence-corrected chi connectivity index (χ0v) is 20.6. The van der Waals surface area contributed by atoms with E-state index in [0.717, 1.165) is 11.1 Å². The summed E-state index contributed by atoms with van der Waals surface area (Å²) in [5.41, 5.74) is 2.04. The summed E-state index contributed by atoms with van der Waals surface area (Å²) < 4.78 is 5.53. The molecule has 176 valence electrons. The molecule has 0 atom stereocenters. The zero-order chi connectivity index (χ0) is 23.8. The third-order valence-corrected chi connectivity index (χ3v) is 6.73. The second kappa shape index (κ2) is 12.0. The largest absolute Gasteiger partial charge is 0.450 e. The molecule has 0 bridgehead atoms. The number of rotatable bonds is 7. The molecular weight excluding hydrogens is 458 g/mol. The van der Waals surface area contributed by atoms with Crippen molar-refractivity contribution in [2.75, 3.05) is 39.3 Å². The number of hydrogen-bond acceptors (Lipinski definition) is 6. The summed E-state index contributed by atoms with van der Waals surface area (Å²) in [5, 5.41) is 0. The van der Waals surface area contributed by atoms with E-state index < -0.39 is 0 Å². The maximum atomic E-state index is 12.8. The fourth-order valence-corrected chi connectivity index (χ4v) is 5.01. The van der Waals surface area contributed by atoms with Crippen molar-refractivity contribution in [2.45, 2.75) is 26.7 Å². The Morgan fingerprint density at radius 1 is 1.12 bits per heavy atom. The van der Waals surface area contributed by atoms with Gasteiger partial charge in [-0.3, -0.25) is 14.5 Å². The third kappa shape index (κ3) is 6.91. The number of amides is 3. The van der Waals surface area contributed by atoms with E-state index in [-0.39, 0.29) is 17.9 Å². The molecule has 2 aliphatic rings. The van der Waals surface area contributed by atoms with Crippen LogP contribution in [0.3, 0.4) is 0 Å². The van der Waals surface area contributed by atoms with Crippen molar-refractivity contribution in [1.82, 2.24) is 14.7 Å². The Balaban J connectivity index is 1.46. The van der Waals surface area contributed by atoms with E-state index in [0.29, 0.717) is 61.4 Å². The molecule has 0 saturated carbocycles. The monoisotopic (exact) mass is 487 g/mol. The van der Waals surface area contributed by atoms with Crippen LogP contribution in [0.1, 0.15) is 32.3 Å². The van der Waals surface area contributed by atoms with Crippen LogP contribution in [-0.4, -0.2) is 76.3 Å². The molecule has 2 saturated heterocycles. The highest BCUT2D eigenvalue weighted by molar-refractivity contribution is 8.26. The van der Waals surface area contributed by atoms with E-state index in [4.69, 9.17) is 17.0 Å². The summed E-state index contributed by atoms with van der Waals surface area (Å²) >= 11 is 6.70. The second-order valence-electron chi connectivity index (χ2n) is 7.80. The molecule has 0 spiro atoms. The number of allylic oxidation sites excluding steroid dienone is 2. The Kier molecular flexibility index (Phi) is 9.08. The molecule has 2 heterocycles. The predicted octanol–water partition coefficient (Wildman–Crippen LogP) is 3.92. The van der Waals surface area contributed by atoms with Gasteiger partial charge in [0.1, 0.15) is 4.32 Å². The Morgan fingerprint density at radius 2 is 1.79 bits per heavy atom. The van der Waals surface area contributed by atoms with E-state index in [1.54, 1.807) is 21.6 Å². The van der Waals surface area contributed by atoms with Gasteiger partial charge in [-0.05, 0) is 37.5 Å². The Labute approximate surface area is 204 Å². The summed E-state index contributed by atoms with van der Waals surface area (Å²) in [6.45, 7) is 6.42. The molecule has 0 N–H and O–H groups in total. The van der Waals surface area contributed by atoms with Crippen LogP contribution in [0.25, 0.3) is 6.08 Å². The highest BCUT2D eigenvalue weighted by Gasteiger charge is 2.32. The quantitative estimate of drug-likeness (QED) is 0.429. The Bertz CT molecular complexity index is 954. The van der Waals surface area contributed by atoms with E-state index in [1.807, 2.05) is 49.4 Å². The van der Waals surface area contributed by atoms with Crippen molar-refractivity contribution >= 4 is 52.3 Å². The standard InChI is InChI=1S/C24H29N3O4S2/c1-3-31-23(30)26-14-12-25(13-15-26)21(28)10-7-11-27-22(29)20(33-24(27)32)17-18(2)16-19-8-5-4-6-9-19/h4-6,8-9,16-17H,3,7,10-15H2,1-2H3/b18-16+,20-17-. The first-order chi connectivity index (χ1) is 15.9. The highest BCUT2D eigenvalue weighted by Crippen LogP contribution is 2.32. The number of carbonyl (C=O) groups is 3. The summed E-state index contributed by atoms with van der Waals surface area (Å²) in [6, 6.07) is 9.93. The van der Waals surface area contributed by atoms with Gasteiger partial charge in [0, 0.05) is 39.1 Å². The number of hydrogen-bond donors (Lipinski definition) is 0. The second-order valence-corrected chi connectivity index (χ2v) is 9.48. The molecule has 9 heteroatoms. The average molecular weight is 488 g/mol. The highest BCUT2D eigenvalue weighted by atomic mass is 32.2. The van der Waals surface area contributed by atoms with Crippen LogP contribution in [0.2, 0.25) is 0 Å². The van der Waals surface area contributed by atoms with E-state index in [2.05, 4.69) is 0 Å². The lowest BCUT2D eigenvalue weighted by atomic mass is 10.1. The Morgan fingerprint density at radius 3 is 2.45 bits per heavy atom. The van der Waals surface area contributed by atoms with E-state index >= 15 is 0 Å². The van der Waals surface area contributed by atoms with Gasteiger partial charge in [0.2, 0.25) is 5.91 Å². The SMILES string of the molecule is CCOC(=O)N1CCN(C(=O)CCCN2C(=O)/C(=C/C(C)=C/c3ccccc3)SC2=S)CC1. The van der Waals surface area contributed by atoms with Crippen LogP contribution in [-0.2, 0) is 14.3 Å². The molecule has 1 aromatic carbocycles. The van der Waals surface area contributed by atoms with Gasteiger partial charge in [0.25, 0.3) is 5.91 Å². The summed E-state index contributed by atoms with van der Waals surface area (Å²) in [5.74, 6) is -0.0811. The van der Waals surface area contributed by atoms with Gasteiger partial charge in [0.05, 0.1) is 11.5 Å². The normalized spacial score (nSPS) is 18.3. The van der Waals surface area contributed by atoms with Crippen molar-refractivity contribution in [3.05, 3.63) is 52.4 Å². The van der Waals surface area contributed by atoms with Gasteiger partial charge in [-0.2, -0.15) is 0 Å². The van der Waals surface area contributed by atoms with Gasteiger partial charge in [-0.1, -0.05) is 60.4 Å². The van der Waals surface area contributed by atoms with Gasteiger partial charge < -0.3 is 14.5 Å². The van der Waals surface area contributed by atoms with Crippen LogP contribution >= 0.6 is 24.0 Å². The molecule has 2 aliphatic heterocycles. The molecule has 1 aromatic rings. The number of nitrogens with zero attached hydrogens (tertiary/aromatic N) is 3. The fourth-order valence-electron chi connectivity index (χ4n) is 3.65. The molecule has 3 rings (SSSR count). The van der Waals surface area contributed by atoms with Gasteiger partial charge in [0.15, 0.2) is 0 Å². The number of piperazine rings is 1. The van der Waals surface area contributed by atoms with Crippen molar-refractivity contribution in [2.24, 2.45) is 0 Å². The number of thiocarbonyl (C=S) groups is 1. The first kappa shape index (κ1) is 25.0. The van der Waals surface area contributed by atoms with Crippen molar-refractivity contribution in [3.63, 3.8) is 0 Å². The number of carbonyl (C=O) groups excluding carboxylic acids is 3. The fraction of sp³-hybridized carbons (Fsp3) is 0.417. The summed E-state index contributed by atoms with van der Waals surface area (Å²) in [4.78, 5) is 42.7. The van der Waals surface area contributed by atoms with Crippen molar-refractivity contribution in [3.8, 4) is 0 Å². The van der Waals surface area contributed by atoms with Gasteiger partial charge >= 0.3 is 6.09 Å². The number of ether oxygens (including phenoxy) is 1. The smallest absolute Gasteiger partial charge is 0.409 e. The first-order valence-corrected chi connectivity index (χ1v) is 12.3. The van der Waals surface area contributed by atoms with E-state index in [9.17, 15) is 14.4 Å². The minimum absolute atomic E-state index is 0.0288. The van der Waals surface area contributed by atoms with Crippen LogP contribution in [0.15, 0.2) is 46.9 Å². The van der Waals surface area contributed by atoms with Gasteiger partial charge in [-0.15, -0.1) is 0 Å². The Hall–Kier alpha value is -2.65. The molecule has 0 radical (unpaired) electrons. The van der Waals surface area contributed by atoms with Gasteiger partial charge in [-0.25, -0.2) is 4.79 Å². The maximum absolute atomic E-state index is 12.8. The number of benzene rings is 1. The predicted molar refractivity (Wildman–Crippen MR) is 134 cm³/mol. The minimum Gasteiger partial charge on any atom is -0.450 e. The lowest BCUT2D eigenvalue weighted by Gasteiger charge is -2.34. The molecule has 7 nitrogen and oxygen atoms in total. The molecule has 0 aromatic heterocycles. The lowest BCUT2D eigenvalue weighted by Crippen LogP contribution is -2.50. The first-order valence-electron chi connectivity index (χ1n) is 11.1. The summed E-state index contributed by atoms with van der Waals surface area (Å²) in [6.07, 6.45) is 4.42. The number of thioether (sulfide) groups is 1. The molecular formula is C24H29N3O4S2. The molecule has 2 fully saturated rings. The van der Waals surface area contributed by atoms with Crippen molar-refractivity contribution in [1.29, 1.82) is 0 Å². The lowest BCUT2D eigenvalue weighted by molar-refractivity contribution is -0.133. The average Bonchev–Trinajstić information content (AvgIpc) is 3.07.